The molecule has 4 heteroatoms. The molecule has 1 aliphatic rings. The van der Waals surface area contributed by atoms with E-state index in [1.807, 2.05) is 6.07 Å². The summed E-state index contributed by atoms with van der Waals surface area (Å²) in [5.74, 6) is -0.0425. The zero-order valence-electron chi connectivity index (χ0n) is 10.7. The van der Waals surface area contributed by atoms with Gasteiger partial charge in [0.1, 0.15) is 11.9 Å². The second-order valence-electron chi connectivity index (χ2n) is 4.83. The molecule has 2 rings (SSSR count). The Bertz CT molecular complexity index is 430. The number of nitrogens with one attached hydrogen (secondary N) is 1. The molecule has 0 unspecified atom stereocenters. The zero-order valence-corrected chi connectivity index (χ0v) is 10.7. The Morgan fingerprint density at radius 2 is 2.22 bits per heavy atom. The monoisotopic (exact) mass is 251 g/mol. The lowest BCUT2D eigenvalue weighted by atomic mass is 9.75. The smallest absolute Gasteiger partial charge is 0.322 e. The van der Waals surface area contributed by atoms with Crippen LogP contribution in [0.4, 0.5) is 4.39 Å². The van der Waals surface area contributed by atoms with Crippen molar-refractivity contribution in [3.05, 3.63) is 35.6 Å². The number of hydrogen-bond donors (Lipinski definition) is 1. The van der Waals surface area contributed by atoms with Crippen molar-refractivity contribution in [3.63, 3.8) is 0 Å². The maximum atomic E-state index is 13.1. The van der Waals surface area contributed by atoms with E-state index < -0.39 is 0 Å². The Labute approximate surface area is 106 Å². The number of methoxy groups -OCH3 is 1. The molecular formula is C14H18FNO2. The van der Waals surface area contributed by atoms with E-state index in [-0.39, 0.29) is 17.8 Å². The first-order chi connectivity index (χ1) is 8.60. The molecule has 1 aromatic carbocycles. The van der Waals surface area contributed by atoms with Gasteiger partial charge < -0.3 is 10.1 Å². The number of ether oxygens (including phenoxy) is 1. The molecule has 0 saturated heterocycles. The van der Waals surface area contributed by atoms with Gasteiger partial charge in [0.25, 0.3) is 0 Å². The number of hydrogen-bond acceptors (Lipinski definition) is 3. The summed E-state index contributed by atoms with van der Waals surface area (Å²) in [5.41, 5.74) is 1.04. The normalized spacial score (nSPS) is 24.2. The second kappa shape index (κ2) is 5.48. The number of esters is 1. The molecule has 3 nitrogen and oxygen atoms in total. The van der Waals surface area contributed by atoms with Crippen molar-refractivity contribution >= 4 is 5.97 Å². The number of halogens is 1. The molecule has 0 bridgehead atoms. The van der Waals surface area contributed by atoms with Crippen LogP contribution in [0.25, 0.3) is 0 Å². The lowest BCUT2D eigenvalue weighted by Gasteiger charge is -2.37. The fourth-order valence-corrected chi connectivity index (χ4v) is 2.38. The molecule has 1 N–H and O–H groups in total. The van der Waals surface area contributed by atoms with Gasteiger partial charge in [-0.1, -0.05) is 12.1 Å². The minimum Gasteiger partial charge on any atom is -0.468 e. The highest BCUT2D eigenvalue weighted by atomic mass is 19.1. The van der Waals surface area contributed by atoms with E-state index in [4.69, 9.17) is 0 Å². The van der Waals surface area contributed by atoms with Crippen LogP contribution >= 0.6 is 0 Å². The largest absolute Gasteiger partial charge is 0.468 e. The molecule has 98 valence electrons. The molecule has 1 saturated carbocycles. The molecule has 0 aliphatic heterocycles. The summed E-state index contributed by atoms with van der Waals surface area (Å²) < 4.78 is 17.7. The summed E-state index contributed by atoms with van der Waals surface area (Å²) >= 11 is 0. The molecule has 1 aliphatic carbocycles. The standard InChI is InChI=1S/C14H18FNO2/c1-9(14(17)18-2)16-13-7-11(8-13)10-4-3-5-12(15)6-10/h3-6,9,11,13,16H,7-8H2,1-2H3/t9-,11?,13?/m1/s1. The molecule has 1 atom stereocenters. The van der Waals surface area contributed by atoms with Gasteiger partial charge in [-0.3, -0.25) is 4.79 Å². The van der Waals surface area contributed by atoms with E-state index in [1.54, 1.807) is 19.1 Å². The molecule has 0 radical (unpaired) electrons. The average molecular weight is 251 g/mol. The van der Waals surface area contributed by atoms with Crippen LogP contribution in [0.15, 0.2) is 24.3 Å². The van der Waals surface area contributed by atoms with E-state index in [1.165, 1.54) is 13.2 Å². The van der Waals surface area contributed by atoms with Crippen molar-refractivity contribution in [2.75, 3.05) is 7.11 Å². The minimum atomic E-state index is -0.284. The van der Waals surface area contributed by atoms with E-state index in [0.29, 0.717) is 12.0 Å². The number of rotatable bonds is 4. The topological polar surface area (TPSA) is 38.3 Å². The van der Waals surface area contributed by atoms with Crippen LogP contribution in [0.1, 0.15) is 31.2 Å². The fraction of sp³-hybridized carbons (Fsp3) is 0.500. The van der Waals surface area contributed by atoms with Gasteiger partial charge in [0.15, 0.2) is 0 Å². The lowest BCUT2D eigenvalue weighted by Crippen LogP contribution is -2.47. The zero-order chi connectivity index (χ0) is 13.1. The van der Waals surface area contributed by atoms with Crippen LogP contribution in [-0.2, 0) is 9.53 Å². The van der Waals surface area contributed by atoms with Gasteiger partial charge >= 0.3 is 5.97 Å². The van der Waals surface area contributed by atoms with E-state index >= 15 is 0 Å². The third-order valence-corrected chi connectivity index (χ3v) is 3.50. The first kappa shape index (κ1) is 13.0. The molecule has 0 spiro atoms. The third kappa shape index (κ3) is 2.88. The minimum absolute atomic E-state index is 0.188. The van der Waals surface area contributed by atoms with Gasteiger partial charge in [-0.25, -0.2) is 4.39 Å². The van der Waals surface area contributed by atoms with Crippen LogP contribution in [-0.4, -0.2) is 25.2 Å². The van der Waals surface area contributed by atoms with Crippen molar-refractivity contribution in [2.24, 2.45) is 0 Å². The van der Waals surface area contributed by atoms with Crippen molar-refractivity contribution in [1.82, 2.24) is 5.32 Å². The van der Waals surface area contributed by atoms with Crippen molar-refractivity contribution < 1.29 is 13.9 Å². The predicted molar refractivity (Wildman–Crippen MR) is 66.8 cm³/mol. The quantitative estimate of drug-likeness (QED) is 0.834. The summed E-state index contributed by atoms with van der Waals surface area (Å²) in [6.45, 7) is 1.79. The highest BCUT2D eigenvalue weighted by molar-refractivity contribution is 5.75. The van der Waals surface area contributed by atoms with Crippen molar-refractivity contribution in [2.45, 2.75) is 37.8 Å². The summed E-state index contributed by atoms with van der Waals surface area (Å²) in [4.78, 5) is 11.2. The average Bonchev–Trinajstić information content (AvgIpc) is 2.31. The van der Waals surface area contributed by atoms with Crippen LogP contribution in [0.2, 0.25) is 0 Å². The Hall–Kier alpha value is -1.42. The summed E-state index contributed by atoms with van der Waals surface area (Å²) in [5, 5.41) is 3.21. The molecule has 1 fully saturated rings. The number of carbonyl (C=O) groups is 1. The van der Waals surface area contributed by atoms with Crippen LogP contribution in [0.3, 0.4) is 0 Å². The number of carbonyl (C=O) groups excluding carboxylic acids is 1. The SMILES string of the molecule is COC(=O)[C@@H](C)NC1CC(c2cccc(F)c2)C1. The van der Waals surface area contributed by atoms with Gasteiger partial charge in [0.2, 0.25) is 0 Å². The summed E-state index contributed by atoms with van der Waals surface area (Å²) in [6.07, 6.45) is 1.87. The van der Waals surface area contributed by atoms with Crippen molar-refractivity contribution in [1.29, 1.82) is 0 Å². The van der Waals surface area contributed by atoms with Crippen LogP contribution < -0.4 is 5.32 Å². The molecule has 18 heavy (non-hydrogen) atoms. The Morgan fingerprint density at radius 3 is 2.83 bits per heavy atom. The molecule has 0 amide bonds. The Morgan fingerprint density at radius 1 is 1.50 bits per heavy atom. The van der Waals surface area contributed by atoms with Gasteiger partial charge in [-0.2, -0.15) is 0 Å². The molecular weight excluding hydrogens is 233 g/mol. The van der Waals surface area contributed by atoms with E-state index in [9.17, 15) is 9.18 Å². The van der Waals surface area contributed by atoms with E-state index in [0.717, 1.165) is 18.4 Å². The first-order valence-electron chi connectivity index (χ1n) is 6.19. The lowest BCUT2D eigenvalue weighted by molar-refractivity contribution is -0.143. The molecule has 0 heterocycles. The summed E-state index contributed by atoms with van der Waals surface area (Å²) in [6, 6.07) is 6.76. The maximum Gasteiger partial charge on any atom is 0.322 e. The Balaban J connectivity index is 1.82. The first-order valence-corrected chi connectivity index (χ1v) is 6.19. The highest BCUT2D eigenvalue weighted by Gasteiger charge is 2.32. The highest BCUT2D eigenvalue weighted by Crippen LogP contribution is 2.37. The Kier molecular flexibility index (Phi) is 3.97. The fourth-order valence-electron chi connectivity index (χ4n) is 2.38. The van der Waals surface area contributed by atoms with Gasteiger partial charge in [-0.05, 0) is 43.4 Å². The molecule has 1 aromatic rings. The van der Waals surface area contributed by atoms with Gasteiger partial charge in [0, 0.05) is 6.04 Å². The van der Waals surface area contributed by atoms with Crippen LogP contribution in [0, 0.1) is 5.82 Å². The predicted octanol–water partition coefficient (Wildman–Crippen LogP) is 2.22. The number of benzene rings is 1. The van der Waals surface area contributed by atoms with Gasteiger partial charge in [-0.15, -0.1) is 0 Å². The van der Waals surface area contributed by atoms with Crippen LogP contribution in [0.5, 0.6) is 0 Å². The van der Waals surface area contributed by atoms with E-state index in [2.05, 4.69) is 10.1 Å². The third-order valence-electron chi connectivity index (χ3n) is 3.50. The maximum absolute atomic E-state index is 13.1. The van der Waals surface area contributed by atoms with Gasteiger partial charge in [0.05, 0.1) is 7.11 Å². The summed E-state index contributed by atoms with van der Waals surface area (Å²) in [7, 11) is 1.39. The molecule has 0 aromatic heterocycles. The van der Waals surface area contributed by atoms with Crippen molar-refractivity contribution in [3.8, 4) is 0 Å². The second-order valence-corrected chi connectivity index (χ2v) is 4.83.